The summed E-state index contributed by atoms with van der Waals surface area (Å²) in [4.78, 5) is 32.3. The van der Waals surface area contributed by atoms with E-state index in [0.717, 1.165) is 43.1 Å². The van der Waals surface area contributed by atoms with Gasteiger partial charge in [-0.3, -0.25) is 14.6 Å². The first-order valence-electron chi connectivity index (χ1n) is 10.4. The second kappa shape index (κ2) is 10.3. The number of anilines is 2. The van der Waals surface area contributed by atoms with Crippen LogP contribution in [-0.2, 0) is 9.59 Å². The van der Waals surface area contributed by atoms with Crippen LogP contribution in [-0.4, -0.2) is 63.8 Å². The van der Waals surface area contributed by atoms with E-state index in [1.54, 1.807) is 18.5 Å². The largest absolute Gasteiger partial charge is 0.411 e. The molecule has 0 atom stereocenters. The Labute approximate surface area is 190 Å². The summed E-state index contributed by atoms with van der Waals surface area (Å²) in [7, 11) is 0. The number of thioether (sulfide) groups is 1. The van der Waals surface area contributed by atoms with Gasteiger partial charge in [-0.2, -0.15) is 0 Å². The van der Waals surface area contributed by atoms with Gasteiger partial charge in [-0.25, -0.2) is 0 Å². The first-order chi connectivity index (χ1) is 15.6. The molecule has 3 aromatic rings. The zero-order chi connectivity index (χ0) is 22.3. The number of amides is 2. The maximum atomic E-state index is 12.3. The molecule has 0 bridgehead atoms. The summed E-state index contributed by atoms with van der Waals surface area (Å²) in [5.74, 6) is 0.575. The molecule has 0 unspecified atom stereocenters. The van der Waals surface area contributed by atoms with Crippen molar-refractivity contribution >= 4 is 35.0 Å². The minimum atomic E-state index is -0.157. The maximum Gasteiger partial charge on any atom is 0.277 e. The Hall–Kier alpha value is -3.40. The van der Waals surface area contributed by atoms with Gasteiger partial charge in [0, 0.05) is 56.4 Å². The molecular weight excluding hydrogens is 428 g/mol. The highest BCUT2D eigenvalue weighted by Crippen LogP contribution is 2.23. The third-order valence-corrected chi connectivity index (χ3v) is 5.91. The first kappa shape index (κ1) is 21.8. The minimum Gasteiger partial charge on any atom is -0.411 e. The van der Waals surface area contributed by atoms with Crippen molar-refractivity contribution < 1.29 is 14.0 Å². The predicted molar refractivity (Wildman–Crippen MR) is 122 cm³/mol. The van der Waals surface area contributed by atoms with Crippen molar-refractivity contribution in [2.75, 3.05) is 42.1 Å². The second-order valence-electron chi connectivity index (χ2n) is 7.22. The number of pyridine rings is 1. The first-order valence-corrected chi connectivity index (χ1v) is 11.4. The molecule has 1 aliphatic rings. The highest BCUT2D eigenvalue weighted by Gasteiger charge is 2.20. The van der Waals surface area contributed by atoms with Gasteiger partial charge in [-0.15, -0.1) is 10.2 Å². The Morgan fingerprint density at radius 1 is 1.09 bits per heavy atom. The van der Waals surface area contributed by atoms with Crippen LogP contribution in [0.1, 0.15) is 13.3 Å². The molecule has 4 rings (SSSR count). The SMILES string of the molecule is CCC(=O)N1CCN(c2ccc(NC(=O)CSc3nnc(-c4cccnc4)o3)cc2)CC1. The fourth-order valence-corrected chi connectivity index (χ4v) is 3.95. The Balaban J connectivity index is 1.25. The molecule has 1 fully saturated rings. The topological polar surface area (TPSA) is 104 Å². The highest BCUT2D eigenvalue weighted by molar-refractivity contribution is 7.99. The number of carbonyl (C=O) groups excluding carboxylic acids is 2. The average molecular weight is 453 g/mol. The summed E-state index contributed by atoms with van der Waals surface area (Å²) in [6.45, 7) is 4.97. The summed E-state index contributed by atoms with van der Waals surface area (Å²) in [5.41, 5.74) is 2.53. The van der Waals surface area contributed by atoms with E-state index >= 15 is 0 Å². The van der Waals surface area contributed by atoms with Gasteiger partial charge >= 0.3 is 0 Å². The van der Waals surface area contributed by atoms with Crippen LogP contribution in [0, 0.1) is 0 Å². The number of nitrogens with one attached hydrogen (secondary N) is 1. The van der Waals surface area contributed by atoms with E-state index in [9.17, 15) is 9.59 Å². The van der Waals surface area contributed by atoms with Crippen molar-refractivity contribution in [1.82, 2.24) is 20.1 Å². The van der Waals surface area contributed by atoms with Crippen molar-refractivity contribution in [1.29, 1.82) is 0 Å². The van der Waals surface area contributed by atoms with Crippen LogP contribution >= 0.6 is 11.8 Å². The normalized spacial score (nSPS) is 13.8. The van der Waals surface area contributed by atoms with Gasteiger partial charge in [0.25, 0.3) is 5.22 Å². The molecule has 1 aromatic carbocycles. The van der Waals surface area contributed by atoms with Gasteiger partial charge in [-0.05, 0) is 36.4 Å². The molecule has 0 aliphatic carbocycles. The van der Waals surface area contributed by atoms with Crippen molar-refractivity contribution in [3.8, 4) is 11.5 Å². The molecule has 0 spiro atoms. The molecule has 0 saturated carbocycles. The smallest absolute Gasteiger partial charge is 0.277 e. The molecule has 1 aliphatic heterocycles. The number of hydrogen-bond acceptors (Lipinski definition) is 8. The molecule has 2 amide bonds. The summed E-state index contributed by atoms with van der Waals surface area (Å²) in [6, 6.07) is 11.4. The lowest BCUT2D eigenvalue weighted by molar-refractivity contribution is -0.131. The lowest BCUT2D eigenvalue weighted by atomic mass is 10.2. The Kier molecular flexibility index (Phi) is 7.00. The minimum absolute atomic E-state index is 0.157. The third-order valence-electron chi connectivity index (χ3n) is 5.09. The summed E-state index contributed by atoms with van der Waals surface area (Å²) in [6.07, 6.45) is 3.86. The van der Waals surface area contributed by atoms with E-state index in [2.05, 4.69) is 25.4 Å². The van der Waals surface area contributed by atoms with Gasteiger partial charge in [0.1, 0.15) is 0 Å². The van der Waals surface area contributed by atoms with E-state index < -0.39 is 0 Å². The number of benzene rings is 1. The monoisotopic (exact) mass is 452 g/mol. The van der Waals surface area contributed by atoms with Crippen molar-refractivity contribution in [3.05, 3.63) is 48.8 Å². The third kappa shape index (κ3) is 5.44. The lowest BCUT2D eigenvalue weighted by Crippen LogP contribution is -2.48. The van der Waals surface area contributed by atoms with E-state index in [-0.39, 0.29) is 17.6 Å². The van der Waals surface area contributed by atoms with Gasteiger partial charge in [0.05, 0.1) is 11.3 Å². The molecular formula is C22H24N6O3S. The molecule has 3 heterocycles. The van der Waals surface area contributed by atoms with Crippen LogP contribution in [0.5, 0.6) is 0 Å². The van der Waals surface area contributed by atoms with Crippen LogP contribution in [0.3, 0.4) is 0 Å². The number of nitrogens with zero attached hydrogens (tertiary/aromatic N) is 5. The summed E-state index contributed by atoms with van der Waals surface area (Å²) >= 11 is 1.18. The van der Waals surface area contributed by atoms with Crippen molar-refractivity contribution in [2.45, 2.75) is 18.6 Å². The van der Waals surface area contributed by atoms with E-state index in [0.29, 0.717) is 17.5 Å². The van der Waals surface area contributed by atoms with Gasteiger partial charge in [0.15, 0.2) is 0 Å². The zero-order valence-electron chi connectivity index (χ0n) is 17.7. The molecule has 9 nitrogen and oxygen atoms in total. The average Bonchev–Trinajstić information content (AvgIpc) is 3.33. The Bertz CT molecular complexity index is 1050. The van der Waals surface area contributed by atoms with Crippen LogP contribution in [0.15, 0.2) is 58.4 Å². The maximum absolute atomic E-state index is 12.3. The fourth-order valence-electron chi connectivity index (χ4n) is 3.39. The lowest BCUT2D eigenvalue weighted by Gasteiger charge is -2.36. The van der Waals surface area contributed by atoms with E-state index in [1.165, 1.54) is 11.8 Å². The van der Waals surface area contributed by atoms with Crippen LogP contribution < -0.4 is 10.2 Å². The van der Waals surface area contributed by atoms with E-state index in [1.807, 2.05) is 42.2 Å². The molecule has 166 valence electrons. The molecule has 1 N–H and O–H groups in total. The molecule has 1 saturated heterocycles. The quantitative estimate of drug-likeness (QED) is 0.546. The Morgan fingerprint density at radius 3 is 2.56 bits per heavy atom. The number of hydrogen-bond donors (Lipinski definition) is 1. The number of rotatable bonds is 7. The van der Waals surface area contributed by atoms with Crippen molar-refractivity contribution in [3.63, 3.8) is 0 Å². The van der Waals surface area contributed by atoms with Gasteiger partial charge in [0.2, 0.25) is 17.7 Å². The highest BCUT2D eigenvalue weighted by atomic mass is 32.2. The molecule has 32 heavy (non-hydrogen) atoms. The zero-order valence-corrected chi connectivity index (χ0v) is 18.5. The standard InChI is InChI=1S/C22H24N6O3S/c1-2-20(30)28-12-10-27(11-13-28)18-7-5-17(6-8-18)24-19(29)15-32-22-26-25-21(31-22)16-4-3-9-23-14-16/h3-9,14H,2,10-13,15H2,1H3,(H,24,29). The molecule has 10 heteroatoms. The number of aromatic nitrogens is 3. The van der Waals surface area contributed by atoms with E-state index in [4.69, 9.17) is 4.42 Å². The summed E-state index contributed by atoms with van der Waals surface area (Å²) in [5, 5.41) is 11.2. The summed E-state index contributed by atoms with van der Waals surface area (Å²) < 4.78 is 5.57. The number of piperazine rings is 1. The van der Waals surface area contributed by atoms with Crippen LogP contribution in [0.4, 0.5) is 11.4 Å². The van der Waals surface area contributed by atoms with Gasteiger partial charge < -0.3 is 19.5 Å². The van der Waals surface area contributed by atoms with Gasteiger partial charge in [-0.1, -0.05) is 18.7 Å². The van der Waals surface area contributed by atoms with Crippen molar-refractivity contribution in [2.24, 2.45) is 0 Å². The Morgan fingerprint density at radius 2 is 1.88 bits per heavy atom. The fraction of sp³-hybridized carbons (Fsp3) is 0.318. The van der Waals surface area contributed by atoms with Crippen LogP contribution in [0.2, 0.25) is 0 Å². The molecule has 0 radical (unpaired) electrons. The predicted octanol–water partition coefficient (Wildman–Crippen LogP) is 2.92. The van der Waals surface area contributed by atoms with Crippen LogP contribution in [0.25, 0.3) is 11.5 Å². The number of carbonyl (C=O) groups is 2. The second-order valence-corrected chi connectivity index (χ2v) is 8.15. The molecule has 2 aromatic heterocycles.